The number of anilines is 1. The van der Waals surface area contributed by atoms with Gasteiger partial charge in [0.05, 0.1) is 32.3 Å². The molecule has 2 aromatic heterocycles. The van der Waals surface area contributed by atoms with Crippen molar-refractivity contribution in [1.29, 1.82) is 0 Å². The number of methoxy groups -OCH3 is 2. The Balaban J connectivity index is 1.37. The lowest BCUT2D eigenvalue weighted by Gasteiger charge is -2.37. The minimum absolute atomic E-state index is 0.126. The van der Waals surface area contributed by atoms with E-state index in [1.54, 1.807) is 14.2 Å². The predicted molar refractivity (Wildman–Crippen MR) is 155 cm³/mol. The number of ether oxygens (including phenoxy) is 4. The zero-order valence-electron chi connectivity index (χ0n) is 22.9. The third-order valence-electron chi connectivity index (χ3n) is 7.69. The van der Waals surface area contributed by atoms with E-state index in [2.05, 4.69) is 9.97 Å². The van der Waals surface area contributed by atoms with Crippen LogP contribution in [0.4, 0.5) is 5.82 Å². The van der Waals surface area contributed by atoms with Crippen LogP contribution in [0.2, 0.25) is 0 Å². The number of fused-ring (bicyclic) bond motifs is 1. The van der Waals surface area contributed by atoms with Crippen LogP contribution in [0.15, 0.2) is 97.5 Å². The first-order valence-corrected chi connectivity index (χ1v) is 13.4. The van der Waals surface area contributed by atoms with Crippen molar-refractivity contribution in [3.8, 4) is 11.5 Å². The Morgan fingerprint density at radius 1 is 0.878 bits per heavy atom. The minimum Gasteiger partial charge on any atom is -0.497 e. The zero-order chi connectivity index (χ0) is 28.4. The monoisotopic (exact) mass is 552 g/mol. The van der Waals surface area contributed by atoms with Crippen LogP contribution in [0.3, 0.4) is 0 Å². The Morgan fingerprint density at radius 2 is 1.49 bits per heavy atom. The molecule has 5 aromatic rings. The van der Waals surface area contributed by atoms with Crippen molar-refractivity contribution in [2.24, 2.45) is 0 Å². The smallest absolute Gasteiger partial charge is 0.147 e. The molecule has 9 nitrogen and oxygen atoms in total. The van der Waals surface area contributed by atoms with E-state index in [9.17, 15) is 5.11 Å². The fourth-order valence-corrected chi connectivity index (χ4v) is 5.54. The van der Waals surface area contributed by atoms with Gasteiger partial charge in [-0.3, -0.25) is 0 Å². The molecule has 0 radical (unpaired) electrons. The molecule has 3 aromatic carbocycles. The second-order valence-electron chi connectivity index (χ2n) is 9.97. The maximum atomic E-state index is 11.1. The van der Waals surface area contributed by atoms with Crippen molar-refractivity contribution < 1.29 is 24.1 Å². The van der Waals surface area contributed by atoms with Gasteiger partial charge in [0.25, 0.3) is 0 Å². The van der Waals surface area contributed by atoms with Crippen LogP contribution < -0.4 is 15.2 Å². The number of aliphatic hydroxyl groups excluding tert-OH is 1. The molecule has 6 rings (SSSR count). The number of rotatable bonds is 9. The maximum absolute atomic E-state index is 11.1. The summed E-state index contributed by atoms with van der Waals surface area (Å²) < 4.78 is 26.1. The van der Waals surface area contributed by atoms with E-state index >= 15 is 0 Å². The van der Waals surface area contributed by atoms with E-state index in [1.165, 1.54) is 6.33 Å². The summed E-state index contributed by atoms with van der Waals surface area (Å²) >= 11 is 0. The second kappa shape index (κ2) is 11.2. The van der Waals surface area contributed by atoms with Crippen LogP contribution in [-0.2, 0) is 15.1 Å². The molecular weight excluding hydrogens is 520 g/mol. The molecule has 9 heteroatoms. The lowest BCUT2D eigenvalue weighted by molar-refractivity contribution is -0.0930. The predicted octanol–water partition coefficient (Wildman–Crippen LogP) is 4.69. The fraction of sp³-hybridized carbons (Fsp3) is 0.250. The fourth-order valence-electron chi connectivity index (χ4n) is 5.54. The molecule has 1 fully saturated rings. The Hall–Kier alpha value is -4.44. The number of aliphatic hydroxyl groups is 1. The molecule has 3 heterocycles. The van der Waals surface area contributed by atoms with Crippen LogP contribution in [0.1, 0.15) is 29.3 Å². The number of nitrogens with two attached hydrogens (primary N) is 1. The standard InChI is InChI=1S/C32H32N4O5/c1-38-24-12-8-22(9-13-24)32(21-6-4-3-5-7-21,23-10-14-25(39-2)15-11-23)40-19-28-27(37)18-29(41-28)36-17-16-26-30(33)34-20-35-31(26)36/h3-17,20,27-29,37H,18-19H2,1-2H3,(H2,33,34,35)/t27-,28+,29+/m1/s1. The van der Waals surface area contributed by atoms with Crippen molar-refractivity contribution in [2.75, 3.05) is 26.6 Å². The molecular formula is C32H32N4O5. The normalized spacial score (nSPS) is 19.0. The first-order chi connectivity index (χ1) is 20.0. The topological polar surface area (TPSA) is 114 Å². The van der Waals surface area contributed by atoms with Crippen molar-refractivity contribution >= 4 is 16.9 Å². The van der Waals surface area contributed by atoms with Crippen molar-refractivity contribution in [3.63, 3.8) is 0 Å². The molecule has 210 valence electrons. The van der Waals surface area contributed by atoms with Crippen molar-refractivity contribution in [2.45, 2.75) is 30.5 Å². The van der Waals surface area contributed by atoms with E-state index < -0.39 is 24.0 Å². The van der Waals surface area contributed by atoms with Crippen molar-refractivity contribution in [3.05, 3.63) is 114 Å². The highest BCUT2D eigenvalue weighted by atomic mass is 16.6. The molecule has 0 unspecified atom stereocenters. The van der Waals surface area contributed by atoms with Gasteiger partial charge in [0.15, 0.2) is 0 Å². The molecule has 0 amide bonds. The van der Waals surface area contributed by atoms with E-state index in [0.717, 1.165) is 33.6 Å². The minimum atomic E-state index is -1.01. The van der Waals surface area contributed by atoms with Crippen LogP contribution in [0, 0.1) is 0 Å². The molecule has 3 N–H and O–H groups in total. The number of nitrogen functional groups attached to an aromatic ring is 1. The maximum Gasteiger partial charge on any atom is 0.147 e. The molecule has 0 aliphatic carbocycles. The largest absolute Gasteiger partial charge is 0.497 e. The van der Waals surface area contributed by atoms with Gasteiger partial charge in [-0.25, -0.2) is 9.97 Å². The summed E-state index contributed by atoms with van der Waals surface area (Å²) in [6.07, 6.45) is 1.90. The third-order valence-corrected chi connectivity index (χ3v) is 7.69. The molecule has 1 saturated heterocycles. The summed E-state index contributed by atoms with van der Waals surface area (Å²) in [7, 11) is 3.28. The van der Waals surface area contributed by atoms with Gasteiger partial charge in [0, 0.05) is 12.6 Å². The Labute approximate surface area is 238 Å². The van der Waals surface area contributed by atoms with Gasteiger partial charge >= 0.3 is 0 Å². The van der Waals surface area contributed by atoms with Crippen LogP contribution in [0.25, 0.3) is 11.0 Å². The first kappa shape index (κ1) is 26.8. The Kier molecular flexibility index (Phi) is 7.32. The highest BCUT2D eigenvalue weighted by Crippen LogP contribution is 2.43. The first-order valence-electron chi connectivity index (χ1n) is 13.4. The highest BCUT2D eigenvalue weighted by Gasteiger charge is 2.42. The van der Waals surface area contributed by atoms with Gasteiger partial charge in [-0.1, -0.05) is 54.6 Å². The van der Waals surface area contributed by atoms with Gasteiger partial charge in [-0.15, -0.1) is 0 Å². The van der Waals surface area contributed by atoms with Crippen molar-refractivity contribution in [1.82, 2.24) is 14.5 Å². The highest BCUT2D eigenvalue weighted by molar-refractivity contribution is 5.86. The van der Waals surface area contributed by atoms with Crippen LogP contribution in [-0.4, -0.2) is 52.7 Å². The van der Waals surface area contributed by atoms with E-state index in [4.69, 9.17) is 24.7 Å². The lowest BCUT2D eigenvalue weighted by atomic mass is 9.80. The number of nitrogens with zero attached hydrogens (tertiary/aromatic N) is 3. The number of benzene rings is 3. The van der Waals surface area contributed by atoms with E-state index in [1.807, 2.05) is 95.7 Å². The Morgan fingerprint density at radius 3 is 2.10 bits per heavy atom. The number of aromatic nitrogens is 3. The summed E-state index contributed by atoms with van der Waals surface area (Å²) in [4.78, 5) is 8.46. The van der Waals surface area contributed by atoms with Gasteiger partial charge in [-0.05, 0) is 47.0 Å². The summed E-state index contributed by atoms with van der Waals surface area (Å²) in [6.45, 7) is 0.126. The summed E-state index contributed by atoms with van der Waals surface area (Å²) in [6, 6.07) is 27.6. The summed E-state index contributed by atoms with van der Waals surface area (Å²) in [5.74, 6) is 1.89. The second-order valence-corrected chi connectivity index (χ2v) is 9.97. The SMILES string of the molecule is COc1ccc(C(OC[C@@H]2O[C@H](n3ccc4c(N)ncnc43)C[C@H]2O)(c2ccccc2)c2ccc(OC)cc2)cc1. The molecule has 3 atom stereocenters. The molecule has 41 heavy (non-hydrogen) atoms. The molecule has 0 bridgehead atoms. The third kappa shape index (κ3) is 4.88. The van der Waals surface area contributed by atoms with E-state index in [0.29, 0.717) is 17.9 Å². The number of hydrogen-bond acceptors (Lipinski definition) is 8. The summed E-state index contributed by atoms with van der Waals surface area (Å²) in [5, 5.41) is 11.9. The molecule has 0 saturated carbocycles. The quantitative estimate of drug-likeness (QED) is 0.253. The molecule has 1 aliphatic rings. The number of hydrogen-bond donors (Lipinski definition) is 2. The van der Waals surface area contributed by atoms with E-state index in [-0.39, 0.29) is 6.61 Å². The van der Waals surface area contributed by atoms with Gasteiger partial charge in [-0.2, -0.15) is 0 Å². The molecule has 1 aliphatic heterocycles. The summed E-state index contributed by atoms with van der Waals surface area (Å²) in [5.41, 5.74) is 8.42. The zero-order valence-corrected chi connectivity index (χ0v) is 22.9. The van der Waals surface area contributed by atoms with Gasteiger partial charge in [0.1, 0.15) is 47.2 Å². The van der Waals surface area contributed by atoms with Gasteiger partial charge < -0.3 is 34.4 Å². The molecule has 0 spiro atoms. The average molecular weight is 553 g/mol. The average Bonchev–Trinajstić information content (AvgIpc) is 3.62. The van der Waals surface area contributed by atoms with Crippen LogP contribution >= 0.6 is 0 Å². The van der Waals surface area contributed by atoms with Gasteiger partial charge in [0.2, 0.25) is 0 Å². The Bertz CT molecular complexity index is 1560. The lowest BCUT2D eigenvalue weighted by Crippen LogP contribution is -2.38. The van der Waals surface area contributed by atoms with Crippen LogP contribution in [0.5, 0.6) is 11.5 Å².